The summed E-state index contributed by atoms with van der Waals surface area (Å²) in [5.74, 6) is 1.19. The van der Waals surface area contributed by atoms with Gasteiger partial charge in [-0.25, -0.2) is 0 Å². The van der Waals surface area contributed by atoms with Crippen LogP contribution in [-0.4, -0.2) is 16.7 Å². The lowest BCUT2D eigenvalue weighted by Gasteiger charge is -1.96. The second-order valence-corrected chi connectivity index (χ2v) is 3.87. The molecule has 0 fully saturated rings. The van der Waals surface area contributed by atoms with E-state index in [-0.39, 0.29) is 0 Å². The quantitative estimate of drug-likeness (QED) is 0.881. The Balaban J connectivity index is 2.05. The third-order valence-corrected chi connectivity index (χ3v) is 2.39. The molecule has 0 saturated carbocycles. The van der Waals surface area contributed by atoms with Crippen LogP contribution in [0.4, 0.5) is 0 Å². The van der Waals surface area contributed by atoms with Crippen molar-refractivity contribution >= 4 is 11.6 Å². The number of rotatable bonds is 4. The van der Waals surface area contributed by atoms with Crippen molar-refractivity contribution in [2.75, 3.05) is 6.54 Å². The van der Waals surface area contributed by atoms with E-state index in [1.165, 1.54) is 0 Å². The maximum atomic E-state index is 5.79. The van der Waals surface area contributed by atoms with Crippen LogP contribution in [0.15, 0.2) is 28.7 Å². The molecule has 0 aliphatic rings. The fourth-order valence-corrected chi connectivity index (χ4v) is 1.49. The molecule has 0 bridgehead atoms. The number of aromatic nitrogens is 2. The first-order valence-electron chi connectivity index (χ1n) is 5.03. The van der Waals surface area contributed by atoms with Gasteiger partial charge in [0.05, 0.1) is 6.42 Å². The molecule has 84 valence electrons. The van der Waals surface area contributed by atoms with Crippen molar-refractivity contribution in [1.29, 1.82) is 0 Å². The molecule has 0 saturated heterocycles. The Morgan fingerprint density at radius 1 is 1.12 bits per heavy atom. The second kappa shape index (κ2) is 5.09. The molecule has 0 unspecified atom stereocenters. The van der Waals surface area contributed by atoms with Gasteiger partial charge in [-0.05, 0) is 17.7 Å². The molecule has 0 radical (unpaired) electrons. The highest BCUT2D eigenvalue weighted by Gasteiger charge is 2.05. The predicted octanol–water partition coefficient (Wildman–Crippen LogP) is 1.81. The molecule has 4 nitrogen and oxygen atoms in total. The fourth-order valence-electron chi connectivity index (χ4n) is 1.36. The average Bonchev–Trinajstić information content (AvgIpc) is 2.70. The van der Waals surface area contributed by atoms with Crippen LogP contribution in [0.2, 0.25) is 5.02 Å². The first-order valence-corrected chi connectivity index (χ1v) is 5.41. The zero-order valence-electron chi connectivity index (χ0n) is 8.69. The third-order valence-electron chi connectivity index (χ3n) is 2.14. The lowest BCUT2D eigenvalue weighted by atomic mass is 10.1. The molecule has 1 aromatic carbocycles. The Labute approximate surface area is 98.4 Å². The number of hydrogen-bond donors (Lipinski definition) is 1. The van der Waals surface area contributed by atoms with Crippen LogP contribution in [-0.2, 0) is 12.8 Å². The maximum Gasteiger partial charge on any atom is 0.220 e. The summed E-state index contributed by atoms with van der Waals surface area (Å²) in [6, 6.07) is 7.56. The van der Waals surface area contributed by atoms with Crippen LogP contribution < -0.4 is 5.73 Å². The van der Waals surface area contributed by atoms with Crippen LogP contribution in [0.25, 0.3) is 0 Å². The number of nitrogens with zero attached hydrogens (tertiary/aromatic N) is 2. The summed E-state index contributed by atoms with van der Waals surface area (Å²) in [5.41, 5.74) is 6.49. The van der Waals surface area contributed by atoms with Crippen LogP contribution in [0.1, 0.15) is 17.3 Å². The number of hydrogen-bond acceptors (Lipinski definition) is 4. The van der Waals surface area contributed by atoms with E-state index < -0.39 is 0 Å². The Bertz CT molecular complexity index is 453. The molecule has 0 spiro atoms. The Morgan fingerprint density at radius 2 is 1.81 bits per heavy atom. The molecule has 0 aliphatic carbocycles. The van der Waals surface area contributed by atoms with E-state index in [2.05, 4.69) is 10.2 Å². The van der Waals surface area contributed by atoms with Gasteiger partial charge in [-0.15, -0.1) is 10.2 Å². The minimum atomic E-state index is 0.516. The van der Waals surface area contributed by atoms with E-state index in [0.717, 1.165) is 10.6 Å². The minimum Gasteiger partial charge on any atom is -0.425 e. The van der Waals surface area contributed by atoms with Crippen LogP contribution in [0.3, 0.4) is 0 Å². The van der Waals surface area contributed by atoms with E-state index in [1.807, 2.05) is 24.3 Å². The first-order chi connectivity index (χ1) is 7.78. The van der Waals surface area contributed by atoms with Gasteiger partial charge < -0.3 is 10.2 Å². The zero-order valence-corrected chi connectivity index (χ0v) is 9.44. The molecule has 1 aromatic heterocycles. The van der Waals surface area contributed by atoms with Gasteiger partial charge in [0.2, 0.25) is 11.8 Å². The topological polar surface area (TPSA) is 64.9 Å². The monoisotopic (exact) mass is 237 g/mol. The molecule has 2 aromatic rings. The van der Waals surface area contributed by atoms with Crippen molar-refractivity contribution < 1.29 is 4.42 Å². The molecule has 5 heteroatoms. The summed E-state index contributed by atoms with van der Waals surface area (Å²) >= 11 is 5.79. The second-order valence-electron chi connectivity index (χ2n) is 3.43. The van der Waals surface area contributed by atoms with Crippen molar-refractivity contribution in [2.24, 2.45) is 5.73 Å². The lowest BCUT2D eigenvalue weighted by Crippen LogP contribution is -2.02. The summed E-state index contributed by atoms with van der Waals surface area (Å²) in [6.07, 6.45) is 1.24. The van der Waals surface area contributed by atoms with Crippen molar-refractivity contribution in [2.45, 2.75) is 12.8 Å². The van der Waals surface area contributed by atoms with E-state index in [9.17, 15) is 0 Å². The molecular weight excluding hydrogens is 226 g/mol. The summed E-state index contributed by atoms with van der Waals surface area (Å²) < 4.78 is 5.42. The summed E-state index contributed by atoms with van der Waals surface area (Å²) in [7, 11) is 0. The third kappa shape index (κ3) is 2.81. The van der Waals surface area contributed by atoms with Gasteiger partial charge in [0.1, 0.15) is 0 Å². The van der Waals surface area contributed by atoms with Gasteiger partial charge >= 0.3 is 0 Å². The molecule has 2 N–H and O–H groups in total. The molecule has 0 aliphatic heterocycles. The fraction of sp³-hybridized carbons (Fsp3) is 0.273. The Kier molecular flexibility index (Phi) is 3.54. The standard InChI is InChI=1S/C11H12ClN3O/c12-9-3-1-8(2-4-9)7-11-15-14-10(16-11)5-6-13/h1-4H,5-7,13H2. The van der Waals surface area contributed by atoms with Crippen LogP contribution in [0.5, 0.6) is 0 Å². The summed E-state index contributed by atoms with van der Waals surface area (Å²) in [4.78, 5) is 0. The van der Waals surface area contributed by atoms with Crippen molar-refractivity contribution in [3.05, 3.63) is 46.6 Å². The van der Waals surface area contributed by atoms with E-state index in [0.29, 0.717) is 31.2 Å². The van der Waals surface area contributed by atoms with Gasteiger partial charge in [0, 0.05) is 18.0 Å². The van der Waals surface area contributed by atoms with Crippen molar-refractivity contribution in [3.63, 3.8) is 0 Å². The maximum absolute atomic E-state index is 5.79. The molecule has 0 atom stereocenters. The lowest BCUT2D eigenvalue weighted by molar-refractivity contribution is 0.458. The molecule has 0 amide bonds. The Morgan fingerprint density at radius 3 is 2.50 bits per heavy atom. The van der Waals surface area contributed by atoms with Crippen molar-refractivity contribution in [1.82, 2.24) is 10.2 Å². The SMILES string of the molecule is NCCc1nnc(Cc2ccc(Cl)cc2)o1. The number of nitrogens with two attached hydrogens (primary N) is 1. The zero-order chi connectivity index (χ0) is 11.4. The van der Waals surface area contributed by atoms with Gasteiger partial charge in [0.15, 0.2) is 0 Å². The number of halogens is 1. The average molecular weight is 238 g/mol. The Hall–Kier alpha value is -1.39. The van der Waals surface area contributed by atoms with E-state index in [4.69, 9.17) is 21.8 Å². The van der Waals surface area contributed by atoms with E-state index >= 15 is 0 Å². The summed E-state index contributed by atoms with van der Waals surface area (Å²) in [5, 5.41) is 8.56. The normalized spacial score (nSPS) is 10.6. The molecular formula is C11H12ClN3O. The van der Waals surface area contributed by atoms with Gasteiger partial charge in [-0.3, -0.25) is 0 Å². The molecule has 1 heterocycles. The van der Waals surface area contributed by atoms with Gasteiger partial charge in [-0.1, -0.05) is 23.7 Å². The first kappa shape index (κ1) is 11.1. The minimum absolute atomic E-state index is 0.516. The summed E-state index contributed by atoms with van der Waals surface area (Å²) in [6.45, 7) is 0.516. The number of benzene rings is 1. The highest BCUT2D eigenvalue weighted by atomic mass is 35.5. The highest BCUT2D eigenvalue weighted by molar-refractivity contribution is 6.30. The molecule has 16 heavy (non-hydrogen) atoms. The molecule has 2 rings (SSSR count). The van der Waals surface area contributed by atoms with E-state index in [1.54, 1.807) is 0 Å². The van der Waals surface area contributed by atoms with Crippen LogP contribution >= 0.6 is 11.6 Å². The van der Waals surface area contributed by atoms with Crippen LogP contribution in [0, 0.1) is 0 Å². The van der Waals surface area contributed by atoms with Gasteiger partial charge in [0.25, 0.3) is 0 Å². The van der Waals surface area contributed by atoms with Gasteiger partial charge in [-0.2, -0.15) is 0 Å². The largest absolute Gasteiger partial charge is 0.425 e. The van der Waals surface area contributed by atoms with Crippen molar-refractivity contribution in [3.8, 4) is 0 Å². The highest BCUT2D eigenvalue weighted by Crippen LogP contribution is 2.13. The predicted molar refractivity (Wildman–Crippen MR) is 61.3 cm³/mol. The smallest absolute Gasteiger partial charge is 0.220 e.